The molecule has 1 heterocycles. The molecule has 1 atom stereocenters. The largest absolute Gasteiger partial charge is 0.352 e. The Labute approximate surface area is 112 Å². The molecule has 0 radical (unpaired) electrons. The molecule has 1 aromatic rings. The first-order chi connectivity index (χ1) is 8.17. The van der Waals surface area contributed by atoms with E-state index in [2.05, 4.69) is 17.6 Å². The average Bonchev–Trinajstić information content (AvgIpc) is 2.73. The standard InChI is InChI=1S/C12H20ClNO2S/c1-4-15-12(16-5-2)7-14-9(3)10-6-11(13)17-8-10/h6,8-9,12,14H,4-5,7H2,1-3H3. The van der Waals surface area contributed by atoms with Gasteiger partial charge in [-0.15, -0.1) is 11.3 Å². The second kappa shape index (κ2) is 8.06. The van der Waals surface area contributed by atoms with E-state index < -0.39 is 0 Å². The molecule has 0 fully saturated rings. The van der Waals surface area contributed by atoms with E-state index in [4.69, 9.17) is 21.1 Å². The number of rotatable bonds is 8. The molecule has 0 aliphatic heterocycles. The summed E-state index contributed by atoms with van der Waals surface area (Å²) in [6.07, 6.45) is -0.179. The Hall–Kier alpha value is -0.130. The maximum absolute atomic E-state index is 5.91. The lowest BCUT2D eigenvalue weighted by molar-refractivity contribution is -0.133. The molecule has 1 N–H and O–H groups in total. The van der Waals surface area contributed by atoms with Crippen molar-refractivity contribution < 1.29 is 9.47 Å². The zero-order chi connectivity index (χ0) is 12.7. The second-order valence-electron chi connectivity index (χ2n) is 3.65. The van der Waals surface area contributed by atoms with Crippen LogP contribution < -0.4 is 5.32 Å². The molecule has 1 rings (SSSR count). The second-order valence-corrected chi connectivity index (χ2v) is 5.20. The minimum absolute atomic E-state index is 0.179. The highest BCUT2D eigenvalue weighted by atomic mass is 35.5. The van der Waals surface area contributed by atoms with Crippen LogP contribution in [0.25, 0.3) is 0 Å². The minimum atomic E-state index is -0.179. The molecule has 98 valence electrons. The first-order valence-electron chi connectivity index (χ1n) is 5.87. The Morgan fingerprint density at radius 2 is 2.00 bits per heavy atom. The SMILES string of the molecule is CCOC(CNC(C)c1csc(Cl)c1)OCC. The molecular weight excluding hydrogens is 258 g/mol. The third-order valence-corrected chi connectivity index (χ3v) is 3.49. The van der Waals surface area contributed by atoms with Gasteiger partial charge in [-0.25, -0.2) is 0 Å². The topological polar surface area (TPSA) is 30.5 Å². The van der Waals surface area contributed by atoms with Crippen LogP contribution in [0.15, 0.2) is 11.4 Å². The van der Waals surface area contributed by atoms with Crippen molar-refractivity contribution in [3.63, 3.8) is 0 Å². The molecule has 3 nitrogen and oxygen atoms in total. The Morgan fingerprint density at radius 3 is 2.47 bits per heavy atom. The van der Waals surface area contributed by atoms with Crippen LogP contribution in [0, 0.1) is 0 Å². The molecule has 5 heteroatoms. The van der Waals surface area contributed by atoms with Gasteiger partial charge in [0.05, 0.1) is 4.34 Å². The fourth-order valence-electron chi connectivity index (χ4n) is 1.48. The first-order valence-corrected chi connectivity index (χ1v) is 7.13. The van der Waals surface area contributed by atoms with Gasteiger partial charge in [0.15, 0.2) is 6.29 Å². The average molecular weight is 278 g/mol. The fourth-order valence-corrected chi connectivity index (χ4v) is 2.46. The molecule has 0 aromatic carbocycles. The van der Waals surface area contributed by atoms with Crippen molar-refractivity contribution in [2.24, 2.45) is 0 Å². The van der Waals surface area contributed by atoms with Gasteiger partial charge in [-0.3, -0.25) is 0 Å². The summed E-state index contributed by atoms with van der Waals surface area (Å²) in [7, 11) is 0. The fraction of sp³-hybridized carbons (Fsp3) is 0.667. The first kappa shape index (κ1) is 14.9. The number of thiophene rings is 1. The lowest BCUT2D eigenvalue weighted by atomic mass is 10.2. The summed E-state index contributed by atoms with van der Waals surface area (Å²) in [5.41, 5.74) is 1.20. The predicted octanol–water partition coefficient (Wildman–Crippen LogP) is 3.45. The van der Waals surface area contributed by atoms with Crippen LogP contribution in [0.3, 0.4) is 0 Å². The van der Waals surface area contributed by atoms with Gasteiger partial charge >= 0.3 is 0 Å². The molecule has 0 spiro atoms. The van der Waals surface area contributed by atoms with E-state index in [0.717, 1.165) is 4.34 Å². The van der Waals surface area contributed by atoms with E-state index in [1.807, 2.05) is 19.9 Å². The molecule has 0 saturated carbocycles. The molecule has 1 aromatic heterocycles. The highest BCUT2D eigenvalue weighted by molar-refractivity contribution is 7.14. The zero-order valence-electron chi connectivity index (χ0n) is 10.5. The molecular formula is C12H20ClNO2S. The molecule has 0 amide bonds. The lowest BCUT2D eigenvalue weighted by Crippen LogP contribution is -2.33. The van der Waals surface area contributed by atoms with Gasteiger partial charge in [-0.1, -0.05) is 11.6 Å². The summed E-state index contributed by atoms with van der Waals surface area (Å²) in [6.45, 7) is 8.03. The Balaban J connectivity index is 2.37. The van der Waals surface area contributed by atoms with Crippen LogP contribution >= 0.6 is 22.9 Å². The van der Waals surface area contributed by atoms with Crippen molar-refractivity contribution in [3.05, 3.63) is 21.3 Å². The number of hydrogen-bond acceptors (Lipinski definition) is 4. The van der Waals surface area contributed by atoms with E-state index in [1.165, 1.54) is 5.56 Å². The predicted molar refractivity (Wildman–Crippen MR) is 72.8 cm³/mol. The summed E-state index contributed by atoms with van der Waals surface area (Å²) < 4.78 is 11.8. The van der Waals surface area contributed by atoms with Crippen LogP contribution in [0.1, 0.15) is 32.4 Å². The molecule has 0 saturated heterocycles. The molecule has 0 aliphatic rings. The molecule has 17 heavy (non-hydrogen) atoms. The molecule has 0 bridgehead atoms. The summed E-state index contributed by atoms with van der Waals surface area (Å²) in [4.78, 5) is 0. The van der Waals surface area contributed by atoms with Crippen molar-refractivity contribution >= 4 is 22.9 Å². The van der Waals surface area contributed by atoms with Crippen LogP contribution in [0.2, 0.25) is 4.34 Å². The highest BCUT2D eigenvalue weighted by Crippen LogP contribution is 2.24. The monoisotopic (exact) mass is 277 g/mol. The lowest BCUT2D eigenvalue weighted by Gasteiger charge is -2.20. The normalized spacial score (nSPS) is 13.2. The highest BCUT2D eigenvalue weighted by Gasteiger charge is 2.12. The van der Waals surface area contributed by atoms with Gasteiger partial charge in [0.2, 0.25) is 0 Å². The van der Waals surface area contributed by atoms with Gasteiger partial charge in [0.25, 0.3) is 0 Å². The van der Waals surface area contributed by atoms with Crippen molar-refractivity contribution in [2.75, 3.05) is 19.8 Å². The van der Waals surface area contributed by atoms with Crippen molar-refractivity contribution in [2.45, 2.75) is 33.1 Å². The summed E-state index contributed by atoms with van der Waals surface area (Å²) in [5, 5.41) is 5.45. The summed E-state index contributed by atoms with van der Waals surface area (Å²) >= 11 is 7.46. The Bertz CT molecular complexity index is 313. The summed E-state index contributed by atoms with van der Waals surface area (Å²) in [5.74, 6) is 0. The molecule has 1 unspecified atom stereocenters. The van der Waals surface area contributed by atoms with Gasteiger partial charge in [-0.05, 0) is 37.8 Å². The van der Waals surface area contributed by atoms with E-state index in [0.29, 0.717) is 19.8 Å². The Morgan fingerprint density at radius 1 is 1.35 bits per heavy atom. The van der Waals surface area contributed by atoms with E-state index in [1.54, 1.807) is 11.3 Å². The molecule has 0 aliphatic carbocycles. The number of nitrogens with one attached hydrogen (secondary N) is 1. The van der Waals surface area contributed by atoms with Crippen LogP contribution in [-0.2, 0) is 9.47 Å². The van der Waals surface area contributed by atoms with Gasteiger partial charge in [0, 0.05) is 25.8 Å². The van der Waals surface area contributed by atoms with Crippen molar-refractivity contribution in [1.29, 1.82) is 0 Å². The number of halogens is 1. The van der Waals surface area contributed by atoms with E-state index >= 15 is 0 Å². The van der Waals surface area contributed by atoms with Gasteiger partial charge in [0.1, 0.15) is 0 Å². The van der Waals surface area contributed by atoms with E-state index in [-0.39, 0.29) is 12.3 Å². The van der Waals surface area contributed by atoms with Crippen molar-refractivity contribution in [1.82, 2.24) is 5.32 Å². The van der Waals surface area contributed by atoms with Crippen LogP contribution in [-0.4, -0.2) is 26.0 Å². The third-order valence-electron chi connectivity index (χ3n) is 2.38. The van der Waals surface area contributed by atoms with Crippen LogP contribution in [0.4, 0.5) is 0 Å². The maximum Gasteiger partial charge on any atom is 0.169 e. The quantitative estimate of drug-likeness (QED) is 0.738. The number of ether oxygens (including phenoxy) is 2. The van der Waals surface area contributed by atoms with Crippen molar-refractivity contribution in [3.8, 4) is 0 Å². The maximum atomic E-state index is 5.91. The smallest absolute Gasteiger partial charge is 0.169 e. The minimum Gasteiger partial charge on any atom is -0.352 e. The number of hydrogen-bond donors (Lipinski definition) is 1. The van der Waals surface area contributed by atoms with Crippen LogP contribution in [0.5, 0.6) is 0 Å². The summed E-state index contributed by atoms with van der Waals surface area (Å²) in [6, 6.07) is 2.24. The van der Waals surface area contributed by atoms with Gasteiger partial charge in [-0.2, -0.15) is 0 Å². The van der Waals surface area contributed by atoms with Gasteiger partial charge < -0.3 is 14.8 Å². The zero-order valence-corrected chi connectivity index (χ0v) is 12.1. The Kier molecular flexibility index (Phi) is 7.08. The van der Waals surface area contributed by atoms with E-state index in [9.17, 15) is 0 Å². The third kappa shape index (κ3) is 5.36.